The summed E-state index contributed by atoms with van der Waals surface area (Å²) in [5.41, 5.74) is 1.16. The van der Waals surface area contributed by atoms with E-state index in [2.05, 4.69) is 31.9 Å². The summed E-state index contributed by atoms with van der Waals surface area (Å²) in [6.07, 6.45) is 10.7. The van der Waals surface area contributed by atoms with E-state index in [4.69, 9.17) is 9.47 Å². The summed E-state index contributed by atoms with van der Waals surface area (Å²) in [4.78, 5) is 22.1. The van der Waals surface area contributed by atoms with Crippen LogP contribution in [0.4, 0.5) is 0 Å². The fourth-order valence-electron chi connectivity index (χ4n) is 3.11. The van der Waals surface area contributed by atoms with E-state index in [0.717, 1.165) is 47.2 Å². The largest absolute Gasteiger partial charge is 0.493 e. The third-order valence-electron chi connectivity index (χ3n) is 4.75. The molecule has 0 bridgehead atoms. The average molecular weight is 540 g/mol. The van der Waals surface area contributed by atoms with Crippen molar-refractivity contribution in [1.82, 2.24) is 0 Å². The number of hydrogen-bond donors (Lipinski definition) is 0. The molecule has 4 nitrogen and oxygen atoms in total. The van der Waals surface area contributed by atoms with Crippen LogP contribution in [0.1, 0.15) is 72.1 Å². The van der Waals surface area contributed by atoms with E-state index in [1.54, 1.807) is 12.1 Å². The molecule has 0 N–H and O–H groups in total. The van der Waals surface area contributed by atoms with Gasteiger partial charge in [0.2, 0.25) is 0 Å². The van der Waals surface area contributed by atoms with Crippen molar-refractivity contribution in [2.45, 2.75) is 51.4 Å². The molecule has 2 aromatic rings. The minimum Gasteiger partial charge on any atom is -0.493 e. The molecule has 0 heterocycles. The van der Waals surface area contributed by atoms with Crippen LogP contribution in [-0.2, 0) is 0 Å². The number of rotatable bonds is 15. The zero-order valence-electron chi connectivity index (χ0n) is 17.1. The monoisotopic (exact) mass is 538 g/mol. The number of benzene rings is 2. The molecule has 0 atom stereocenters. The molecule has 162 valence electrons. The van der Waals surface area contributed by atoms with Gasteiger partial charge in [-0.2, -0.15) is 0 Å². The molecule has 0 aliphatic carbocycles. The Hall–Kier alpha value is -1.66. The van der Waals surface area contributed by atoms with Crippen LogP contribution in [0, 0.1) is 0 Å². The molecule has 0 unspecified atom stereocenters. The highest BCUT2D eigenvalue weighted by molar-refractivity contribution is 9.10. The highest BCUT2D eigenvalue weighted by atomic mass is 79.9. The van der Waals surface area contributed by atoms with Crippen LogP contribution in [0.5, 0.6) is 11.5 Å². The van der Waals surface area contributed by atoms with Gasteiger partial charge < -0.3 is 9.47 Å². The summed E-state index contributed by atoms with van der Waals surface area (Å²) in [5.74, 6) is 1.30. The molecule has 0 saturated heterocycles. The van der Waals surface area contributed by atoms with Crippen molar-refractivity contribution in [3.63, 3.8) is 0 Å². The Labute approximate surface area is 195 Å². The van der Waals surface area contributed by atoms with Crippen molar-refractivity contribution in [2.24, 2.45) is 0 Å². The maximum Gasteiger partial charge on any atom is 0.153 e. The Morgan fingerprint density at radius 1 is 0.600 bits per heavy atom. The van der Waals surface area contributed by atoms with E-state index in [9.17, 15) is 9.59 Å². The third kappa shape index (κ3) is 9.00. The first-order valence-electron chi connectivity index (χ1n) is 10.4. The number of aldehydes is 2. The molecule has 0 saturated carbocycles. The number of hydrogen-bond acceptors (Lipinski definition) is 4. The van der Waals surface area contributed by atoms with E-state index in [-0.39, 0.29) is 0 Å². The van der Waals surface area contributed by atoms with Gasteiger partial charge >= 0.3 is 0 Å². The van der Waals surface area contributed by atoms with Gasteiger partial charge in [0.25, 0.3) is 0 Å². The Kier molecular flexibility index (Phi) is 11.8. The Morgan fingerprint density at radius 2 is 0.967 bits per heavy atom. The normalized spacial score (nSPS) is 10.6. The van der Waals surface area contributed by atoms with E-state index >= 15 is 0 Å². The Balaban J connectivity index is 1.45. The van der Waals surface area contributed by atoms with Crippen molar-refractivity contribution in [3.05, 3.63) is 56.5 Å². The minimum absolute atomic E-state index is 0.580. The first-order valence-corrected chi connectivity index (χ1v) is 12.0. The maximum atomic E-state index is 11.1. The van der Waals surface area contributed by atoms with Gasteiger partial charge in [-0.05, 0) is 49.2 Å². The number of ether oxygens (including phenoxy) is 2. The zero-order chi connectivity index (χ0) is 21.6. The lowest BCUT2D eigenvalue weighted by atomic mass is 10.1. The van der Waals surface area contributed by atoms with Crippen LogP contribution < -0.4 is 9.47 Å². The van der Waals surface area contributed by atoms with Gasteiger partial charge in [-0.1, -0.05) is 70.4 Å². The molecule has 0 aliphatic heterocycles. The molecule has 0 aliphatic rings. The van der Waals surface area contributed by atoms with Gasteiger partial charge in [0, 0.05) is 8.95 Å². The molecule has 0 aromatic heterocycles. The molecule has 30 heavy (non-hydrogen) atoms. The average Bonchev–Trinajstić information content (AvgIpc) is 2.75. The highest BCUT2D eigenvalue weighted by Gasteiger charge is 2.04. The molecule has 0 amide bonds. The molecule has 0 spiro atoms. The summed E-state index contributed by atoms with van der Waals surface area (Å²) in [6, 6.07) is 11.0. The lowest BCUT2D eigenvalue weighted by Gasteiger charge is -2.09. The second-order valence-corrected chi connectivity index (χ2v) is 8.96. The summed E-state index contributed by atoms with van der Waals surface area (Å²) in [5, 5.41) is 0. The van der Waals surface area contributed by atoms with Crippen molar-refractivity contribution in [2.75, 3.05) is 13.2 Å². The molecule has 2 rings (SSSR count). The second kappa shape index (κ2) is 14.4. The van der Waals surface area contributed by atoms with Crippen LogP contribution in [0.2, 0.25) is 0 Å². The standard InChI is InChI=1S/C24H28Br2O4/c25-21-9-11-23(19(15-21)17-27)29-13-7-5-3-1-2-4-6-8-14-30-24-12-10-22(26)16-20(24)18-28/h9-12,15-18H,1-8,13-14H2. The number of carbonyl (C=O) groups is 2. The fourth-order valence-corrected chi connectivity index (χ4v) is 3.87. The van der Waals surface area contributed by atoms with Gasteiger partial charge in [-0.3, -0.25) is 9.59 Å². The van der Waals surface area contributed by atoms with Gasteiger partial charge in [-0.15, -0.1) is 0 Å². The number of unbranched alkanes of at least 4 members (excludes halogenated alkanes) is 7. The maximum absolute atomic E-state index is 11.1. The first-order chi connectivity index (χ1) is 14.6. The van der Waals surface area contributed by atoms with Crippen LogP contribution >= 0.6 is 31.9 Å². The number of carbonyl (C=O) groups excluding carboxylic acids is 2. The zero-order valence-corrected chi connectivity index (χ0v) is 20.3. The van der Waals surface area contributed by atoms with Gasteiger partial charge in [-0.25, -0.2) is 0 Å². The molecule has 0 radical (unpaired) electrons. The minimum atomic E-state index is 0.580. The topological polar surface area (TPSA) is 52.6 Å². The number of halogens is 2. The Morgan fingerprint density at radius 3 is 1.33 bits per heavy atom. The summed E-state index contributed by atoms with van der Waals surface area (Å²) in [7, 11) is 0. The predicted octanol–water partition coefficient (Wildman–Crippen LogP) is 7.42. The SMILES string of the molecule is O=Cc1cc(Br)ccc1OCCCCCCCCCCOc1ccc(Br)cc1C=O. The Bertz CT molecular complexity index is 740. The predicted molar refractivity (Wildman–Crippen MR) is 127 cm³/mol. The second-order valence-electron chi connectivity index (χ2n) is 7.13. The van der Waals surface area contributed by atoms with Crippen molar-refractivity contribution < 1.29 is 19.1 Å². The van der Waals surface area contributed by atoms with Crippen molar-refractivity contribution >= 4 is 44.4 Å². The van der Waals surface area contributed by atoms with Crippen molar-refractivity contribution in [3.8, 4) is 11.5 Å². The fraction of sp³-hybridized carbons (Fsp3) is 0.417. The first kappa shape index (κ1) is 24.6. The lowest BCUT2D eigenvalue weighted by molar-refractivity contribution is 0.111. The smallest absolute Gasteiger partial charge is 0.153 e. The molecule has 2 aromatic carbocycles. The summed E-state index contributed by atoms with van der Waals surface area (Å²) in [6.45, 7) is 1.28. The van der Waals surface area contributed by atoms with Gasteiger partial charge in [0.1, 0.15) is 11.5 Å². The van der Waals surface area contributed by atoms with Crippen LogP contribution in [0.25, 0.3) is 0 Å². The van der Waals surface area contributed by atoms with Crippen LogP contribution in [0.3, 0.4) is 0 Å². The molecular formula is C24H28Br2O4. The van der Waals surface area contributed by atoms with E-state index in [1.807, 2.05) is 24.3 Å². The van der Waals surface area contributed by atoms with Gasteiger partial charge in [0.05, 0.1) is 24.3 Å². The summed E-state index contributed by atoms with van der Waals surface area (Å²) < 4.78 is 13.2. The van der Waals surface area contributed by atoms with Crippen LogP contribution in [0.15, 0.2) is 45.3 Å². The van der Waals surface area contributed by atoms with Crippen molar-refractivity contribution in [1.29, 1.82) is 0 Å². The molecular weight excluding hydrogens is 512 g/mol. The van der Waals surface area contributed by atoms with Gasteiger partial charge in [0.15, 0.2) is 12.6 Å². The quantitative estimate of drug-likeness (QED) is 0.174. The highest BCUT2D eigenvalue weighted by Crippen LogP contribution is 2.23. The van der Waals surface area contributed by atoms with E-state index in [1.165, 1.54) is 25.7 Å². The lowest BCUT2D eigenvalue weighted by Crippen LogP contribution is -2.00. The molecule has 0 fully saturated rings. The van der Waals surface area contributed by atoms with E-state index < -0.39 is 0 Å². The third-order valence-corrected chi connectivity index (χ3v) is 5.74. The summed E-state index contributed by atoms with van der Waals surface area (Å²) >= 11 is 6.71. The van der Waals surface area contributed by atoms with E-state index in [0.29, 0.717) is 35.8 Å². The molecule has 6 heteroatoms. The van der Waals surface area contributed by atoms with Crippen LogP contribution in [-0.4, -0.2) is 25.8 Å².